The topological polar surface area (TPSA) is 97.0 Å². The van der Waals surface area contributed by atoms with Gasteiger partial charge < -0.3 is 16.2 Å². The Balaban J connectivity index is 1.72. The SMILES string of the molecule is Cc1ccncc1-c1cc2cc(N[C@H](O)C3C[C@@H]3C)ncc2c(N)n1. The number of rotatable bonds is 4. The highest BCUT2D eigenvalue weighted by Crippen LogP contribution is 2.40. The smallest absolute Gasteiger partial charge is 0.133 e. The summed E-state index contributed by atoms with van der Waals surface area (Å²) in [5, 5.41) is 15.0. The zero-order valence-corrected chi connectivity index (χ0v) is 14.3. The van der Waals surface area contributed by atoms with E-state index < -0.39 is 6.23 Å². The standard InChI is InChI=1S/C19H21N5O/c1-10-3-4-21-8-14(10)16-6-12-7-17(22-9-15(12)18(20)23-16)24-19(25)13-5-11(13)2/h3-4,6-9,11,13,19,25H,5H2,1-2H3,(H2,20,23)(H,22,24)/t11-,13?,19+/m0/s1. The van der Waals surface area contributed by atoms with Gasteiger partial charge in [-0.2, -0.15) is 0 Å². The summed E-state index contributed by atoms with van der Waals surface area (Å²) < 4.78 is 0. The second kappa shape index (κ2) is 5.97. The minimum atomic E-state index is -0.570. The van der Waals surface area contributed by atoms with Crippen LogP contribution in [0.4, 0.5) is 11.6 Å². The first-order valence-electron chi connectivity index (χ1n) is 8.45. The van der Waals surface area contributed by atoms with Gasteiger partial charge in [-0.1, -0.05) is 6.92 Å². The van der Waals surface area contributed by atoms with Gasteiger partial charge >= 0.3 is 0 Å². The van der Waals surface area contributed by atoms with E-state index in [0.29, 0.717) is 23.5 Å². The van der Waals surface area contributed by atoms with Crippen molar-refractivity contribution in [3.63, 3.8) is 0 Å². The molecule has 3 heterocycles. The first-order valence-corrected chi connectivity index (χ1v) is 8.45. The Bertz CT molecular complexity index is 942. The Morgan fingerprint density at radius 1 is 1.32 bits per heavy atom. The Morgan fingerprint density at radius 3 is 2.84 bits per heavy atom. The monoisotopic (exact) mass is 335 g/mol. The van der Waals surface area contributed by atoms with E-state index in [0.717, 1.165) is 34.0 Å². The first kappa shape index (κ1) is 15.8. The summed E-state index contributed by atoms with van der Waals surface area (Å²) in [6, 6.07) is 5.83. The number of hydrogen-bond donors (Lipinski definition) is 3. The minimum absolute atomic E-state index is 0.300. The van der Waals surface area contributed by atoms with Crippen molar-refractivity contribution in [2.75, 3.05) is 11.1 Å². The van der Waals surface area contributed by atoms with Crippen molar-refractivity contribution in [3.05, 3.63) is 42.4 Å². The number of nitrogens with zero attached hydrogens (tertiary/aromatic N) is 3. The molecule has 0 aliphatic heterocycles. The van der Waals surface area contributed by atoms with Gasteiger partial charge in [-0.3, -0.25) is 4.98 Å². The van der Waals surface area contributed by atoms with E-state index >= 15 is 0 Å². The lowest BCUT2D eigenvalue weighted by molar-refractivity contribution is 0.174. The first-order chi connectivity index (χ1) is 12.0. The largest absolute Gasteiger partial charge is 0.383 e. The van der Waals surface area contributed by atoms with Crippen molar-refractivity contribution in [1.29, 1.82) is 0 Å². The molecule has 1 aliphatic carbocycles. The van der Waals surface area contributed by atoms with Gasteiger partial charge in [0, 0.05) is 35.5 Å². The molecule has 3 aromatic rings. The van der Waals surface area contributed by atoms with Gasteiger partial charge in [0.25, 0.3) is 0 Å². The van der Waals surface area contributed by atoms with Crippen molar-refractivity contribution >= 4 is 22.4 Å². The number of nitrogens with one attached hydrogen (secondary N) is 1. The molecule has 0 saturated heterocycles. The van der Waals surface area contributed by atoms with Gasteiger partial charge in [0.1, 0.15) is 17.9 Å². The molecule has 6 heteroatoms. The summed E-state index contributed by atoms with van der Waals surface area (Å²) in [5.74, 6) is 1.93. The molecule has 4 N–H and O–H groups in total. The van der Waals surface area contributed by atoms with Crippen molar-refractivity contribution in [1.82, 2.24) is 15.0 Å². The molecule has 6 nitrogen and oxygen atoms in total. The number of pyridine rings is 3. The van der Waals surface area contributed by atoms with Crippen LogP contribution in [0.2, 0.25) is 0 Å². The molecule has 0 aromatic carbocycles. The molecular weight excluding hydrogens is 314 g/mol. The van der Waals surface area contributed by atoms with Crippen molar-refractivity contribution < 1.29 is 5.11 Å². The van der Waals surface area contributed by atoms with Gasteiger partial charge in [-0.25, -0.2) is 9.97 Å². The highest BCUT2D eigenvalue weighted by molar-refractivity contribution is 5.94. The van der Waals surface area contributed by atoms with Gasteiger partial charge in [0.15, 0.2) is 0 Å². The number of anilines is 2. The van der Waals surface area contributed by atoms with Crippen molar-refractivity contribution in [2.45, 2.75) is 26.5 Å². The average Bonchev–Trinajstić information content (AvgIpc) is 3.32. The highest BCUT2D eigenvalue weighted by atomic mass is 16.3. The number of aromatic nitrogens is 3. The van der Waals surface area contributed by atoms with Crippen LogP contribution in [0.3, 0.4) is 0 Å². The molecule has 4 rings (SSSR count). The van der Waals surface area contributed by atoms with Crippen molar-refractivity contribution in [3.8, 4) is 11.3 Å². The normalized spacial score (nSPS) is 20.4. The fourth-order valence-electron chi connectivity index (χ4n) is 3.17. The Labute approximate surface area is 146 Å². The Morgan fingerprint density at radius 2 is 2.12 bits per heavy atom. The summed E-state index contributed by atoms with van der Waals surface area (Å²) in [6.07, 6.45) is 5.72. The second-order valence-electron chi connectivity index (χ2n) is 6.84. The molecule has 1 fully saturated rings. The molecule has 0 radical (unpaired) electrons. The lowest BCUT2D eigenvalue weighted by atomic mass is 10.1. The lowest BCUT2D eigenvalue weighted by Gasteiger charge is -2.14. The van der Waals surface area contributed by atoms with Crippen LogP contribution < -0.4 is 11.1 Å². The highest BCUT2D eigenvalue weighted by Gasteiger charge is 2.38. The summed E-state index contributed by atoms with van der Waals surface area (Å²) in [5.41, 5.74) is 8.96. The summed E-state index contributed by atoms with van der Waals surface area (Å²) in [6.45, 7) is 4.16. The van der Waals surface area contributed by atoms with E-state index in [1.165, 1.54) is 0 Å². The third-order valence-electron chi connectivity index (χ3n) is 4.93. The Hall–Kier alpha value is -2.73. The number of aryl methyl sites for hydroxylation is 1. The average molecular weight is 335 g/mol. The predicted molar refractivity (Wildman–Crippen MR) is 98.8 cm³/mol. The molecule has 3 atom stereocenters. The minimum Gasteiger partial charge on any atom is -0.383 e. The van der Waals surface area contributed by atoms with Crippen LogP contribution in [-0.2, 0) is 0 Å². The maximum absolute atomic E-state index is 10.2. The molecule has 128 valence electrons. The molecule has 1 unspecified atom stereocenters. The molecule has 3 aromatic heterocycles. The van der Waals surface area contributed by atoms with Crippen LogP contribution in [0.15, 0.2) is 36.8 Å². The molecule has 0 bridgehead atoms. The summed E-state index contributed by atoms with van der Waals surface area (Å²) >= 11 is 0. The van der Waals surface area contributed by atoms with E-state index in [1.54, 1.807) is 18.6 Å². The quantitative estimate of drug-likeness (QED) is 0.634. The number of hydrogen-bond acceptors (Lipinski definition) is 6. The van der Waals surface area contributed by atoms with Crippen LogP contribution in [0.5, 0.6) is 0 Å². The molecule has 1 saturated carbocycles. The molecule has 0 spiro atoms. The summed E-state index contributed by atoms with van der Waals surface area (Å²) in [7, 11) is 0. The Kier molecular flexibility index (Phi) is 3.77. The lowest BCUT2D eigenvalue weighted by Crippen LogP contribution is -2.22. The zero-order chi connectivity index (χ0) is 17.6. The number of aliphatic hydroxyl groups excluding tert-OH is 1. The third kappa shape index (κ3) is 3.00. The maximum Gasteiger partial charge on any atom is 0.133 e. The van der Waals surface area contributed by atoms with E-state index in [-0.39, 0.29) is 0 Å². The van der Waals surface area contributed by atoms with Crippen molar-refractivity contribution in [2.24, 2.45) is 11.8 Å². The molecule has 1 aliphatic rings. The van der Waals surface area contributed by atoms with Gasteiger partial charge in [0.05, 0.1) is 5.69 Å². The van der Waals surface area contributed by atoms with E-state index in [2.05, 4.69) is 27.2 Å². The van der Waals surface area contributed by atoms with E-state index in [4.69, 9.17) is 5.73 Å². The predicted octanol–water partition coefficient (Wildman–Crippen LogP) is 2.97. The number of fused-ring (bicyclic) bond motifs is 1. The van der Waals surface area contributed by atoms with Crippen LogP contribution in [0.25, 0.3) is 22.0 Å². The fraction of sp³-hybridized carbons (Fsp3) is 0.316. The van der Waals surface area contributed by atoms with Crippen LogP contribution in [-0.4, -0.2) is 26.3 Å². The second-order valence-corrected chi connectivity index (χ2v) is 6.84. The molecular formula is C19H21N5O. The van der Waals surface area contributed by atoms with Crippen LogP contribution >= 0.6 is 0 Å². The third-order valence-corrected chi connectivity index (χ3v) is 4.93. The van der Waals surface area contributed by atoms with Crippen LogP contribution in [0.1, 0.15) is 18.9 Å². The van der Waals surface area contributed by atoms with E-state index in [9.17, 15) is 5.11 Å². The van der Waals surface area contributed by atoms with E-state index in [1.807, 2.05) is 25.1 Å². The van der Waals surface area contributed by atoms with Gasteiger partial charge in [0.2, 0.25) is 0 Å². The number of nitrogen functional groups attached to an aromatic ring is 1. The number of aliphatic hydroxyl groups is 1. The fourth-order valence-corrected chi connectivity index (χ4v) is 3.17. The van der Waals surface area contributed by atoms with Gasteiger partial charge in [-0.05, 0) is 48.4 Å². The number of nitrogens with two attached hydrogens (primary N) is 1. The molecule has 25 heavy (non-hydrogen) atoms. The van der Waals surface area contributed by atoms with Gasteiger partial charge in [-0.15, -0.1) is 0 Å². The zero-order valence-electron chi connectivity index (χ0n) is 14.3. The summed E-state index contributed by atoms with van der Waals surface area (Å²) in [4.78, 5) is 13.0. The molecule has 0 amide bonds. The van der Waals surface area contributed by atoms with Crippen LogP contribution in [0, 0.1) is 18.8 Å². The maximum atomic E-state index is 10.2.